The van der Waals surface area contributed by atoms with E-state index < -0.39 is 0 Å². The Balaban J connectivity index is 1.66. The van der Waals surface area contributed by atoms with Crippen LogP contribution in [0.1, 0.15) is 18.2 Å². The predicted octanol–water partition coefficient (Wildman–Crippen LogP) is 2.18. The van der Waals surface area contributed by atoms with Gasteiger partial charge in [0.25, 0.3) is 0 Å². The number of aromatic nitrogens is 3. The highest BCUT2D eigenvalue weighted by Crippen LogP contribution is 2.27. The van der Waals surface area contributed by atoms with Crippen molar-refractivity contribution in [3.63, 3.8) is 0 Å². The minimum Gasteiger partial charge on any atom is -0.381 e. The number of hydrogen-bond acceptors (Lipinski definition) is 7. The van der Waals surface area contributed by atoms with E-state index in [9.17, 15) is 0 Å². The fourth-order valence-corrected chi connectivity index (χ4v) is 3.26. The number of thiophene rings is 1. The van der Waals surface area contributed by atoms with Gasteiger partial charge >= 0.3 is 0 Å². The predicted molar refractivity (Wildman–Crippen MR) is 79.1 cm³/mol. The molecule has 108 valence electrons. The fourth-order valence-electron chi connectivity index (χ4n) is 2.48. The van der Waals surface area contributed by atoms with E-state index in [0.717, 1.165) is 22.2 Å². The molecule has 1 fully saturated rings. The van der Waals surface area contributed by atoms with Gasteiger partial charge in [0.15, 0.2) is 0 Å². The van der Waals surface area contributed by atoms with Crippen molar-refractivity contribution in [2.24, 2.45) is 5.73 Å². The lowest BCUT2D eigenvalue weighted by molar-refractivity contribution is 0.0590. The number of hydrogen-bond donors (Lipinski definition) is 1. The van der Waals surface area contributed by atoms with Gasteiger partial charge < -0.3 is 15.0 Å². The third-order valence-electron chi connectivity index (χ3n) is 3.73. The minimum atomic E-state index is -0.0292. The number of fused-ring (bicyclic) bond motifs is 1. The average Bonchev–Trinajstić information content (AvgIpc) is 3.16. The Labute approximate surface area is 124 Å². The summed E-state index contributed by atoms with van der Waals surface area (Å²) in [6.07, 6.45) is 2.58. The molecular weight excluding hydrogens is 288 g/mol. The molecule has 3 aromatic heterocycles. The fraction of sp³-hybridized carbons (Fsp3) is 0.357. The molecule has 0 amide bonds. The summed E-state index contributed by atoms with van der Waals surface area (Å²) in [4.78, 5) is 8.87. The summed E-state index contributed by atoms with van der Waals surface area (Å²) in [7, 11) is 0. The number of ether oxygens (including phenoxy) is 1. The van der Waals surface area contributed by atoms with Gasteiger partial charge in [-0.3, -0.25) is 4.98 Å². The zero-order valence-electron chi connectivity index (χ0n) is 11.2. The van der Waals surface area contributed by atoms with Crippen molar-refractivity contribution in [3.8, 4) is 11.4 Å². The Morgan fingerprint density at radius 1 is 1.38 bits per heavy atom. The number of nitrogens with zero attached hydrogens (tertiary/aromatic N) is 3. The standard InChI is InChI=1S/C14H14N4O2S/c15-10-1-3-19-7-9(10)14-17-13(18-20-14)8-5-12-11(16-6-8)2-4-21-12/h2,4-6,9-10H,1,3,7,15H2. The molecule has 1 aliphatic rings. The molecular formula is C14H14N4O2S. The Morgan fingerprint density at radius 3 is 3.24 bits per heavy atom. The summed E-state index contributed by atoms with van der Waals surface area (Å²) in [5, 5.41) is 6.07. The summed E-state index contributed by atoms with van der Waals surface area (Å²) in [5.41, 5.74) is 7.93. The largest absolute Gasteiger partial charge is 0.381 e. The highest BCUT2D eigenvalue weighted by atomic mass is 32.1. The molecule has 1 aliphatic heterocycles. The van der Waals surface area contributed by atoms with Crippen LogP contribution < -0.4 is 5.73 Å². The zero-order valence-corrected chi connectivity index (χ0v) is 12.0. The Bertz CT molecular complexity index is 769. The van der Waals surface area contributed by atoms with Gasteiger partial charge in [0.2, 0.25) is 11.7 Å². The molecule has 0 bridgehead atoms. The van der Waals surface area contributed by atoms with Crippen molar-refractivity contribution in [2.75, 3.05) is 13.2 Å². The van der Waals surface area contributed by atoms with Crippen molar-refractivity contribution in [2.45, 2.75) is 18.4 Å². The molecule has 1 saturated heterocycles. The molecule has 0 aliphatic carbocycles. The minimum absolute atomic E-state index is 0.00458. The van der Waals surface area contributed by atoms with Crippen LogP contribution in [0, 0.1) is 0 Å². The molecule has 0 radical (unpaired) electrons. The second kappa shape index (κ2) is 5.18. The Hall–Kier alpha value is -1.83. The maximum absolute atomic E-state index is 6.10. The first-order valence-electron chi connectivity index (χ1n) is 6.82. The molecule has 0 saturated carbocycles. The van der Waals surface area contributed by atoms with Gasteiger partial charge in [0, 0.05) is 24.4 Å². The van der Waals surface area contributed by atoms with Crippen molar-refractivity contribution >= 4 is 21.6 Å². The van der Waals surface area contributed by atoms with Crippen LogP contribution in [0.3, 0.4) is 0 Å². The van der Waals surface area contributed by atoms with Crippen LogP contribution in [0.4, 0.5) is 0 Å². The third kappa shape index (κ3) is 2.33. The molecule has 3 aromatic rings. The van der Waals surface area contributed by atoms with E-state index in [1.165, 1.54) is 0 Å². The lowest BCUT2D eigenvalue weighted by atomic mass is 9.97. The highest BCUT2D eigenvalue weighted by Gasteiger charge is 2.29. The van der Waals surface area contributed by atoms with E-state index in [2.05, 4.69) is 15.1 Å². The number of pyridine rings is 1. The summed E-state index contributed by atoms with van der Waals surface area (Å²) >= 11 is 1.64. The van der Waals surface area contributed by atoms with E-state index in [1.54, 1.807) is 17.5 Å². The van der Waals surface area contributed by atoms with Gasteiger partial charge in [-0.05, 0) is 23.9 Å². The zero-order chi connectivity index (χ0) is 14.2. The summed E-state index contributed by atoms with van der Waals surface area (Å²) < 4.78 is 11.9. The topological polar surface area (TPSA) is 87.1 Å². The van der Waals surface area contributed by atoms with E-state index in [0.29, 0.717) is 24.9 Å². The van der Waals surface area contributed by atoms with Crippen molar-refractivity contribution in [1.82, 2.24) is 15.1 Å². The van der Waals surface area contributed by atoms with E-state index in [1.807, 2.05) is 17.5 Å². The molecule has 0 spiro atoms. The van der Waals surface area contributed by atoms with Gasteiger partial charge in [-0.25, -0.2) is 0 Å². The summed E-state index contributed by atoms with van der Waals surface area (Å²) in [5.74, 6) is 1.06. The lowest BCUT2D eigenvalue weighted by Gasteiger charge is -2.25. The van der Waals surface area contributed by atoms with Gasteiger partial charge in [-0.15, -0.1) is 11.3 Å². The quantitative estimate of drug-likeness (QED) is 0.780. The molecule has 4 rings (SSSR count). The number of rotatable bonds is 2. The van der Waals surface area contributed by atoms with Gasteiger partial charge in [0.1, 0.15) is 0 Å². The number of nitrogens with two attached hydrogens (primary N) is 1. The summed E-state index contributed by atoms with van der Waals surface area (Å²) in [6.45, 7) is 1.22. The first kappa shape index (κ1) is 12.9. The van der Waals surface area contributed by atoms with Crippen LogP contribution in [-0.2, 0) is 4.74 Å². The van der Waals surface area contributed by atoms with Crippen LogP contribution in [-0.4, -0.2) is 34.4 Å². The second-order valence-corrected chi connectivity index (χ2v) is 6.07. The van der Waals surface area contributed by atoms with Crippen molar-refractivity contribution < 1.29 is 9.26 Å². The van der Waals surface area contributed by atoms with Crippen LogP contribution >= 0.6 is 11.3 Å². The van der Waals surface area contributed by atoms with Crippen LogP contribution in [0.25, 0.3) is 21.6 Å². The van der Waals surface area contributed by atoms with E-state index >= 15 is 0 Å². The van der Waals surface area contributed by atoms with Gasteiger partial charge in [-0.2, -0.15) is 4.98 Å². The molecule has 2 N–H and O–H groups in total. The van der Waals surface area contributed by atoms with Crippen molar-refractivity contribution in [3.05, 3.63) is 29.6 Å². The molecule has 4 heterocycles. The highest BCUT2D eigenvalue weighted by molar-refractivity contribution is 7.17. The van der Waals surface area contributed by atoms with E-state index in [-0.39, 0.29) is 12.0 Å². The maximum Gasteiger partial charge on any atom is 0.233 e. The Kier molecular flexibility index (Phi) is 3.17. The first-order valence-corrected chi connectivity index (χ1v) is 7.70. The molecule has 0 aromatic carbocycles. The monoisotopic (exact) mass is 302 g/mol. The first-order chi connectivity index (χ1) is 10.3. The Morgan fingerprint density at radius 2 is 2.33 bits per heavy atom. The van der Waals surface area contributed by atoms with Crippen LogP contribution in [0.15, 0.2) is 28.2 Å². The van der Waals surface area contributed by atoms with E-state index in [4.69, 9.17) is 15.0 Å². The maximum atomic E-state index is 6.10. The molecule has 21 heavy (non-hydrogen) atoms. The molecule has 2 atom stereocenters. The van der Waals surface area contributed by atoms with Crippen molar-refractivity contribution in [1.29, 1.82) is 0 Å². The second-order valence-electron chi connectivity index (χ2n) is 5.12. The summed E-state index contributed by atoms with van der Waals surface area (Å²) in [6, 6.07) is 4.02. The molecule has 2 unspecified atom stereocenters. The normalized spacial score (nSPS) is 22.7. The molecule has 7 heteroatoms. The third-order valence-corrected chi connectivity index (χ3v) is 4.58. The van der Waals surface area contributed by atoms with Crippen LogP contribution in [0.2, 0.25) is 0 Å². The van der Waals surface area contributed by atoms with Gasteiger partial charge in [-0.1, -0.05) is 5.16 Å². The lowest BCUT2D eigenvalue weighted by Crippen LogP contribution is -2.37. The SMILES string of the molecule is NC1CCOCC1c1nc(-c2cnc3ccsc3c2)no1. The smallest absolute Gasteiger partial charge is 0.233 e. The van der Waals surface area contributed by atoms with Crippen LogP contribution in [0.5, 0.6) is 0 Å². The molecule has 6 nitrogen and oxygen atoms in total. The average molecular weight is 302 g/mol. The van der Waals surface area contributed by atoms with Gasteiger partial charge in [0.05, 0.1) is 22.7 Å².